The van der Waals surface area contributed by atoms with E-state index in [1.165, 1.54) is 0 Å². The molecule has 0 atom stereocenters. The van der Waals surface area contributed by atoms with Gasteiger partial charge in [0, 0.05) is 0 Å². The molecule has 0 aliphatic rings. The first-order valence-electron chi connectivity index (χ1n) is 3.90. The summed E-state index contributed by atoms with van der Waals surface area (Å²) in [5, 5.41) is 7.60. The van der Waals surface area contributed by atoms with Crippen LogP contribution in [-0.2, 0) is 18.5 Å². The van der Waals surface area contributed by atoms with E-state index in [9.17, 15) is 0 Å². The first kappa shape index (κ1) is 10.9. The molecule has 0 saturated carbocycles. The van der Waals surface area contributed by atoms with Crippen LogP contribution >= 0.6 is 0 Å². The van der Waals surface area contributed by atoms with E-state index >= 15 is 0 Å². The van der Waals surface area contributed by atoms with Gasteiger partial charge < -0.3 is 0 Å². The average Bonchev–Trinajstić information content (AvgIpc) is 1.85. The fraction of sp³-hybridized carbons (Fsp3) is 0.857. The molecule has 0 amide bonds. The van der Waals surface area contributed by atoms with Crippen LogP contribution in [0.2, 0.25) is 0 Å². The first-order valence-corrected chi connectivity index (χ1v) is 5.39. The third-order valence-corrected chi connectivity index (χ3v) is 2.24. The van der Waals surface area contributed by atoms with Crippen LogP contribution in [0.5, 0.6) is 0 Å². The summed E-state index contributed by atoms with van der Waals surface area (Å²) in [5.74, 6) is 0.551. The Balaban J connectivity index is 4.22. The van der Waals surface area contributed by atoms with Gasteiger partial charge in [0.1, 0.15) is 0 Å². The van der Waals surface area contributed by atoms with Gasteiger partial charge in [0.25, 0.3) is 0 Å². The van der Waals surface area contributed by atoms with Crippen molar-refractivity contribution in [3.8, 4) is 0 Å². The van der Waals surface area contributed by atoms with Gasteiger partial charge in [-0.2, -0.15) is 0 Å². The summed E-state index contributed by atoms with van der Waals surface area (Å²) in [6.45, 7) is 8.41. The predicted octanol–water partition coefficient (Wildman–Crippen LogP) is 1.09. The fourth-order valence-electron chi connectivity index (χ4n) is 1.20. The summed E-state index contributed by atoms with van der Waals surface area (Å²) < 4.78 is 2.96. The third-order valence-electron chi connectivity index (χ3n) is 1.54. The Labute approximate surface area is 79.0 Å². The zero-order chi connectivity index (χ0) is 9.02. The van der Waals surface area contributed by atoms with E-state index in [1.807, 2.05) is 0 Å². The van der Waals surface area contributed by atoms with Gasteiger partial charge >= 0.3 is 78.6 Å². The normalized spacial score (nSPS) is 10.5. The zero-order valence-corrected chi connectivity index (χ0v) is 10.8. The second-order valence-corrected chi connectivity index (χ2v) is 3.86. The molecule has 3 nitrogen and oxygen atoms in total. The fourth-order valence-corrected chi connectivity index (χ4v) is 1.59. The molecule has 0 saturated heterocycles. The second-order valence-electron chi connectivity index (χ2n) is 3.12. The molecule has 0 aromatic carbocycles. The summed E-state index contributed by atoms with van der Waals surface area (Å²) in [6, 6.07) is 0.808. The van der Waals surface area contributed by atoms with Gasteiger partial charge in [0.15, 0.2) is 0 Å². The van der Waals surface area contributed by atoms with Crippen LogP contribution in [0, 0.1) is 5.41 Å². The van der Waals surface area contributed by atoms with E-state index in [-0.39, 0.29) is 0 Å². The van der Waals surface area contributed by atoms with Crippen LogP contribution in [-0.4, -0.2) is 22.9 Å². The molecule has 0 bridgehead atoms. The Bertz CT molecular complexity index is 126. The van der Waals surface area contributed by atoms with Crippen molar-refractivity contribution in [1.29, 1.82) is 5.41 Å². The molecule has 0 aromatic rings. The van der Waals surface area contributed by atoms with E-state index in [0.29, 0.717) is 18.0 Å². The van der Waals surface area contributed by atoms with Crippen molar-refractivity contribution < 1.29 is 18.5 Å². The van der Waals surface area contributed by atoms with Crippen molar-refractivity contribution in [2.24, 2.45) is 0 Å². The minimum absolute atomic E-state index is 0.404. The van der Waals surface area contributed by atoms with E-state index in [0.717, 1.165) is 18.5 Å². The van der Waals surface area contributed by atoms with Crippen molar-refractivity contribution in [1.82, 2.24) is 8.96 Å². The van der Waals surface area contributed by atoms with E-state index < -0.39 is 0 Å². The van der Waals surface area contributed by atoms with Gasteiger partial charge in [0.2, 0.25) is 0 Å². The standard InChI is InChI=1S/C7H16N3.Zn/c1-5(2)10(6(3)4)7(8)9;/h5-6H,1-4H3,(H2-,8,9);/q-1;+1. The quantitative estimate of drug-likeness (QED) is 0.404. The molecule has 0 radical (unpaired) electrons. The third kappa shape index (κ3) is 3.19. The molecule has 61 valence electrons. The molecular weight excluding hydrogens is 191 g/mol. The molecule has 11 heavy (non-hydrogen) atoms. The molecule has 4 heteroatoms. The Kier molecular flexibility index (Phi) is 4.66. The molecule has 0 aliphatic carbocycles. The van der Waals surface area contributed by atoms with Crippen LogP contribution < -0.4 is 4.06 Å². The molecule has 0 fully saturated rings. The Hall–Kier alpha value is -0.107. The zero-order valence-electron chi connectivity index (χ0n) is 7.81. The summed E-state index contributed by atoms with van der Waals surface area (Å²) in [6.07, 6.45) is 0. The second kappa shape index (κ2) is 4.71. The Morgan fingerprint density at radius 3 is 1.73 bits per heavy atom. The summed E-state index contributed by atoms with van der Waals surface area (Å²) >= 11 is 0.939. The van der Waals surface area contributed by atoms with Crippen molar-refractivity contribution in [2.45, 2.75) is 39.8 Å². The van der Waals surface area contributed by atoms with Crippen molar-refractivity contribution in [3.05, 3.63) is 0 Å². The number of nitrogens with one attached hydrogen (secondary N) is 2. The van der Waals surface area contributed by atoms with Crippen LogP contribution in [0.4, 0.5) is 0 Å². The molecule has 0 unspecified atom stereocenters. The van der Waals surface area contributed by atoms with E-state index in [1.54, 1.807) is 0 Å². The van der Waals surface area contributed by atoms with Crippen LogP contribution in [0.15, 0.2) is 0 Å². The number of hydrogen-bond donors (Lipinski definition) is 2. The van der Waals surface area contributed by atoms with Gasteiger partial charge in [-0.05, 0) is 0 Å². The van der Waals surface area contributed by atoms with E-state index in [4.69, 9.17) is 5.41 Å². The van der Waals surface area contributed by atoms with Gasteiger partial charge in [-0.1, -0.05) is 0 Å². The van der Waals surface area contributed by atoms with Gasteiger partial charge in [-0.3, -0.25) is 0 Å². The molecule has 0 spiro atoms. The number of nitrogens with zero attached hydrogens (tertiary/aromatic N) is 1. The number of rotatable bonds is 2. The maximum absolute atomic E-state index is 7.60. The molecular formula is C7H16N3Zn. The minimum atomic E-state index is 0.404. The monoisotopic (exact) mass is 206 g/mol. The predicted molar refractivity (Wildman–Crippen MR) is 43.0 cm³/mol. The number of guanidine groups is 1. The SMILES string of the molecule is CC(C)N(C(=N)[NH][Zn])C(C)C. The van der Waals surface area contributed by atoms with Gasteiger partial charge in [-0.25, -0.2) is 0 Å². The summed E-state index contributed by atoms with van der Waals surface area (Å²) in [5.41, 5.74) is 0. The molecule has 2 N–H and O–H groups in total. The van der Waals surface area contributed by atoms with Gasteiger partial charge in [-0.15, -0.1) is 0 Å². The van der Waals surface area contributed by atoms with Crippen LogP contribution in [0.25, 0.3) is 0 Å². The Morgan fingerprint density at radius 2 is 1.64 bits per heavy atom. The van der Waals surface area contributed by atoms with Crippen molar-refractivity contribution >= 4 is 5.96 Å². The average molecular weight is 208 g/mol. The van der Waals surface area contributed by atoms with Crippen molar-refractivity contribution in [3.63, 3.8) is 0 Å². The van der Waals surface area contributed by atoms with Crippen LogP contribution in [0.1, 0.15) is 27.7 Å². The molecule has 0 aromatic heterocycles. The number of hydrogen-bond acceptors (Lipinski definition) is 1. The molecule has 0 rings (SSSR count). The Morgan fingerprint density at radius 1 is 1.27 bits per heavy atom. The molecule has 0 heterocycles. The topological polar surface area (TPSA) is 39.1 Å². The van der Waals surface area contributed by atoms with E-state index in [2.05, 4.69) is 36.7 Å². The van der Waals surface area contributed by atoms with Gasteiger partial charge in [0.05, 0.1) is 0 Å². The van der Waals surface area contributed by atoms with Crippen molar-refractivity contribution in [2.75, 3.05) is 0 Å². The first-order chi connectivity index (χ1) is 5.00. The summed E-state index contributed by atoms with van der Waals surface area (Å²) in [7, 11) is 0. The van der Waals surface area contributed by atoms with Crippen LogP contribution in [0.3, 0.4) is 0 Å². The molecule has 0 aliphatic heterocycles. The summed E-state index contributed by atoms with van der Waals surface area (Å²) in [4.78, 5) is 2.06. The maximum atomic E-state index is 7.60.